The van der Waals surface area contributed by atoms with E-state index in [-0.39, 0.29) is 12.4 Å². The van der Waals surface area contributed by atoms with Gasteiger partial charge in [0.2, 0.25) is 5.91 Å². The summed E-state index contributed by atoms with van der Waals surface area (Å²) >= 11 is 0. The number of carbonyl (C=O) groups is 3. The SMILES string of the molecule is C=CC(=O)N(CCCCCCN1CCCC1=O)OC=O. The Morgan fingerprint density at radius 2 is 2.10 bits per heavy atom. The van der Waals surface area contributed by atoms with Crippen LogP contribution in [0.3, 0.4) is 0 Å². The van der Waals surface area contributed by atoms with Crippen LogP contribution in [0.25, 0.3) is 0 Å². The molecule has 0 spiro atoms. The molecule has 0 aliphatic carbocycles. The zero-order valence-corrected chi connectivity index (χ0v) is 11.8. The van der Waals surface area contributed by atoms with Crippen LogP contribution in [0.2, 0.25) is 0 Å². The Bertz CT molecular complexity index is 357. The number of nitrogens with zero attached hydrogens (tertiary/aromatic N) is 2. The van der Waals surface area contributed by atoms with Crippen LogP contribution in [0.5, 0.6) is 0 Å². The van der Waals surface area contributed by atoms with E-state index in [4.69, 9.17) is 0 Å². The summed E-state index contributed by atoms with van der Waals surface area (Å²) < 4.78 is 0. The first kappa shape index (κ1) is 16.2. The number of unbranched alkanes of at least 4 members (excludes halogenated alkanes) is 3. The van der Waals surface area contributed by atoms with Crippen LogP contribution < -0.4 is 0 Å². The lowest BCUT2D eigenvalue weighted by Crippen LogP contribution is -2.30. The van der Waals surface area contributed by atoms with E-state index >= 15 is 0 Å². The zero-order valence-electron chi connectivity index (χ0n) is 11.8. The highest BCUT2D eigenvalue weighted by atomic mass is 16.7. The topological polar surface area (TPSA) is 66.9 Å². The molecule has 0 unspecified atom stereocenters. The second kappa shape index (κ2) is 9.12. The highest BCUT2D eigenvalue weighted by molar-refractivity contribution is 5.86. The molecule has 1 rings (SSSR count). The molecule has 6 heteroatoms. The molecule has 1 fully saturated rings. The molecular weight excluding hydrogens is 260 g/mol. The van der Waals surface area contributed by atoms with E-state index in [1.54, 1.807) is 0 Å². The molecule has 6 nitrogen and oxygen atoms in total. The summed E-state index contributed by atoms with van der Waals surface area (Å²) in [5.74, 6) is -0.160. The van der Waals surface area contributed by atoms with Crippen LogP contribution in [-0.2, 0) is 19.2 Å². The molecule has 112 valence electrons. The first-order chi connectivity index (χ1) is 9.69. The van der Waals surface area contributed by atoms with Crippen molar-refractivity contribution in [1.29, 1.82) is 0 Å². The Balaban J connectivity index is 2.08. The highest BCUT2D eigenvalue weighted by Gasteiger charge is 2.18. The van der Waals surface area contributed by atoms with Gasteiger partial charge in [0.15, 0.2) is 0 Å². The van der Waals surface area contributed by atoms with E-state index in [1.807, 2.05) is 4.90 Å². The number of carbonyl (C=O) groups excluding carboxylic acids is 3. The van der Waals surface area contributed by atoms with Crippen LogP contribution in [-0.4, -0.2) is 47.9 Å². The van der Waals surface area contributed by atoms with Crippen molar-refractivity contribution >= 4 is 18.3 Å². The zero-order chi connectivity index (χ0) is 14.8. The number of hydroxylamine groups is 2. The molecule has 2 amide bonds. The lowest BCUT2D eigenvalue weighted by atomic mass is 10.2. The predicted octanol–water partition coefficient (Wildman–Crippen LogP) is 1.27. The van der Waals surface area contributed by atoms with Crippen molar-refractivity contribution in [2.24, 2.45) is 0 Å². The van der Waals surface area contributed by atoms with Gasteiger partial charge in [0.05, 0.1) is 6.54 Å². The Kier molecular flexibility index (Phi) is 7.39. The molecule has 20 heavy (non-hydrogen) atoms. The van der Waals surface area contributed by atoms with E-state index in [1.165, 1.54) is 0 Å². The van der Waals surface area contributed by atoms with Gasteiger partial charge in [-0.1, -0.05) is 19.4 Å². The lowest BCUT2D eigenvalue weighted by Gasteiger charge is -2.17. The molecule has 0 saturated carbocycles. The standard InChI is InChI=1S/C14H22N2O4/c1-2-13(18)16(20-12-17)11-6-4-3-5-9-15-10-7-8-14(15)19/h2,12H,1,3-11H2. The quantitative estimate of drug-likeness (QED) is 0.262. The highest BCUT2D eigenvalue weighted by Crippen LogP contribution is 2.11. The van der Waals surface area contributed by atoms with Gasteiger partial charge in [-0.15, -0.1) is 0 Å². The fourth-order valence-electron chi connectivity index (χ4n) is 2.22. The molecule has 0 aromatic carbocycles. The van der Waals surface area contributed by atoms with Crippen molar-refractivity contribution in [3.8, 4) is 0 Å². The van der Waals surface area contributed by atoms with E-state index in [2.05, 4.69) is 11.4 Å². The molecule has 1 heterocycles. The minimum absolute atomic E-state index is 0.236. The third kappa shape index (κ3) is 5.42. The van der Waals surface area contributed by atoms with Gasteiger partial charge in [-0.2, -0.15) is 5.06 Å². The van der Waals surface area contributed by atoms with Crippen molar-refractivity contribution in [1.82, 2.24) is 9.96 Å². The first-order valence-electron chi connectivity index (χ1n) is 7.01. The monoisotopic (exact) mass is 282 g/mol. The van der Waals surface area contributed by atoms with Gasteiger partial charge >= 0.3 is 6.47 Å². The Hall–Kier alpha value is -1.85. The largest absolute Gasteiger partial charge is 0.343 e. The normalized spacial score (nSPS) is 14.2. The van der Waals surface area contributed by atoms with Crippen LogP contribution in [0.4, 0.5) is 0 Å². The number of hydrogen-bond acceptors (Lipinski definition) is 4. The molecule has 0 aromatic rings. The minimum atomic E-state index is -0.417. The first-order valence-corrected chi connectivity index (χ1v) is 7.01. The van der Waals surface area contributed by atoms with Gasteiger partial charge in [-0.3, -0.25) is 14.4 Å². The van der Waals surface area contributed by atoms with Gasteiger partial charge in [0, 0.05) is 19.5 Å². The average molecular weight is 282 g/mol. The Morgan fingerprint density at radius 1 is 1.35 bits per heavy atom. The van der Waals surface area contributed by atoms with Gasteiger partial charge in [0.1, 0.15) is 0 Å². The smallest absolute Gasteiger partial charge is 0.320 e. The van der Waals surface area contributed by atoms with Gasteiger partial charge < -0.3 is 9.74 Å². The van der Waals surface area contributed by atoms with Crippen molar-refractivity contribution in [2.75, 3.05) is 19.6 Å². The molecule has 0 bridgehead atoms. The van der Waals surface area contributed by atoms with Gasteiger partial charge in [0.25, 0.3) is 5.91 Å². The Labute approximate surface area is 119 Å². The van der Waals surface area contributed by atoms with E-state index in [0.29, 0.717) is 13.0 Å². The molecule has 0 atom stereocenters. The van der Waals surface area contributed by atoms with E-state index in [9.17, 15) is 14.4 Å². The summed E-state index contributed by atoms with van der Waals surface area (Å²) in [7, 11) is 0. The molecule has 1 saturated heterocycles. The van der Waals surface area contributed by atoms with Crippen LogP contribution in [0.15, 0.2) is 12.7 Å². The van der Waals surface area contributed by atoms with Crippen molar-refractivity contribution < 1.29 is 19.2 Å². The number of likely N-dealkylation sites (tertiary alicyclic amines) is 1. The van der Waals surface area contributed by atoms with Crippen molar-refractivity contribution in [3.05, 3.63) is 12.7 Å². The fourth-order valence-corrected chi connectivity index (χ4v) is 2.22. The fraction of sp³-hybridized carbons (Fsp3) is 0.643. The summed E-state index contributed by atoms with van der Waals surface area (Å²) in [6.45, 7) is 5.65. The van der Waals surface area contributed by atoms with E-state index < -0.39 is 5.91 Å². The van der Waals surface area contributed by atoms with E-state index in [0.717, 1.165) is 56.3 Å². The molecule has 0 aromatic heterocycles. The molecule has 1 aliphatic heterocycles. The summed E-state index contributed by atoms with van der Waals surface area (Å²) in [6.07, 6.45) is 6.40. The summed E-state index contributed by atoms with van der Waals surface area (Å²) in [5.41, 5.74) is 0. The number of rotatable bonds is 10. The van der Waals surface area contributed by atoms with Crippen molar-refractivity contribution in [2.45, 2.75) is 38.5 Å². The Morgan fingerprint density at radius 3 is 2.70 bits per heavy atom. The second-order valence-electron chi connectivity index (χ2n) is 4.74. The summed E-state index contributed by atoms with van der Waals surface area (Å²) in [4.78, 5) is 39.4. The molecule has 0 radical (unpaired) electrons. The number of hydrogen-bond donors (Lipinski definition) is 0. The van der Waals surface area contributed by atoms with Crippen LogP contribution >= 0.6 is 0 Å². The van der Waals surface area contributed by atoms with Gasteiger partial charge in [-0.05, 0) is 25.3 Å². The maximum absolute atomic E-state index is 11.4. The van der Waals surface area contributed by atoms with Crippen molar-refractivity contribution in [3.63, 3.8) is 0 Å². The maximum Gasteiger partial charge on any atom is 0.320 e. The third-order valence-electron chi connectivity index (χ3n) is 3.30. The molecular formula is C14H22N2O4. The van der Waals surface area contributed by atoms with Gasteiger partial charge in [-0.25, -0.2) is 0 Å². The second-order valence-corrected chi connectivity index (χ2v) is 4.74. The lowest BCUT2D eigenvalue weighted by molar-refractivity contribution is -0.183. The predicted molar refractivity (Wildman–Crippen MR) is 73.3 cm³/mol. The van der Waals surface area contributed by atoms with Crippen LogP contribution in [0, 0.1) is 0 Å². The molecule has 1 aliphatic rings. The maximum atomic E-state index is 11.4. The average Bonchev–Trinajstić information content (AvgIpc) is 2.86. The summed E-state index contributed by atoms with van der Waals surface area (Å²) in [6, 6.07) is 0. The number of amides is 2. The molecule has 0 N–H and O–H groups in total. The summed E-state index contributed by atoms with van der Waals surface area (Å²) in [5, 5.41) is 1.00. The third-order valence-corrected chi connectivity index (χ3v) is 3.30. The minimum Gasteiger partial charge on any atom is -0.343 e. The van der Waals surface area contributed by atoms with Crippen LogP contribution in [0.1, 0.15) is 38.5 Å².